The van der Waals surface area contributed by atoms with Crippen LogP contribution < -0.4 is 11.1 Å². The van der Waals surface area contributed by atoms with Gasteiger partial charge in [-0.25, -0.2) is 18.8 Å². The predicted octanol–water partition coefficient (Wildman–Crippen LogP) is 11.5. The maximum atomic E-state index is 16.5. The number of thioether (sulfide) groups is 1. The molecule has 0 atom stereocenters. The number of benzene rings is 4. The molecule has 16 nitrogen and oxygen atoms in total. The molecule has 5 aromatic rings. The first-order chi connectivity index (χ1) is 38.7. The Morgan fingerprint density at radius 2 is 1.18 bits per heavy atom. The Bertz CT molecular complexity index is 3370. The zero-order valence-corrected chi connectivity index (χ0v) is 46.9. The molecule has 2 amide bonds. The van der Waals surface area contributed by atoms with Gasteiger partial charge >= 0.3 is 6.01 Å². The summed E-state index contributed by atoms with van der Waals surface area (Å²) >= 11 is 1.73. The Labute approximate surface area is 470 Å². The minimum atomic E-state index is -0.578. The minimum Gasteiger partial charge on any atom is -0.406 e. The van der Waals surface area contributed by atoms with E-state index in [-0.39, 0.29) is 71.6 Å². The second-order valence-corrected chi connectivity index (χ2v) is 21.0. The van der Waals surface area contributed by atoms with Crippen molar-refractivity contribution in [1.82, 2.24) is 29.8 Å². The van der Waals surface area contributed by atoms with Crippen molar-refractivity contribution in [3.05, 3.63) is 135 Å². The zero-order chi connectivity index (χ0) is 56.9. The monoisotopic (exact) mass is 1100 g/mol. The molecule has 80 heavy (non-hydrogen) atoms. The van der Waals surface area contributed by atoms with Crippen LogP contribution in [0.4, 0.5) is 26.2 Å². The molecule has 3 aliphatic rings. The number of hydrogen-bond donors (Lipinski definition) is 2. The van der Waals surface area contributed by atoms with Crippen molar-refractivity contribution in [2.24, 2.45) is 20.7 Å². The summed E-state index contributed by atoms with van der Waals surface area (Å²) in [7, 11) is 3.73. The Balaban J connectivity index is 1.02. The van der Waals surface area contributed by atoms with Crippen LogP contribution in [0.3, 0.4) is 0 Å². The van der Waals surface area contributed by atoms with Gasteiger partial charge in [0.15, 0.2) is 12.6 Å². The third-order valence-electron chi connectivity index (χ3n) is 13.4. The molecule has 0 spiro atoms. The second kappa shape index (κ2) is 27.0. The zero-order valence-electron chi connectivity index (χ0n) is 46.1. The molecular weight excluding hydrogens is 1040 g/mol. The fraction of sp³-hybridized carbons (Fsp3) is 0.328. The normalized spacial score (nSPS) is 14.0. The van der Waals surface area contributed by atoms with E-state index >= 15 is 8.78 Å². The molecule has 416 valence electrons. The van der Waals surface area contributed by atoms with Crippen molar-refractivity contribution < 1.29 is 32.4 Å². The number of rotatable bonds is 23. The highest BCUT2D eigenvalue weighted by Gasteiger charge is 2.26. The van der Waals surface area contributed by atoms with Gasteiger partial charge in [-0.15, -0.1) is 16.9 Å². The summed E-state index contributed by atoms with van der Waals surface area (Å²) in [5.74, 6) is 0.0881. The number of amidine groups is 2. The molecule has 3 N–H and O–H groups in total. The van der Waals surface area contributed by atoms with E-state index in [1.165, 1.54) is 12.1 Å². The molecule has 0 saturated heterocycles. The number of anilines is 1. The lowest BCUT2D eigenvalue weighted by atomic mass is 9.97. The number of amides is 2. The number of nitrogens with zero attached hydrogens (tertiary/aromatic N) is 9. The van der Waals surface area contributed by atoms with Gasteiger partial charge in [-0.05, 0) is 132 Å². The fourth-order valence-corrected chi connectivity index (χ4v) is 10.5. The van der Waals surface area contributed by atoms with E-state index in [1.54, 1.807) is 100 Å². The maximum absolute atomic E-state index is 16.5. The van der Waals surface area contributed by atoms with Gasteiger partial charge in [0.25, 0.3) is 0 Å². The van der Waals surface area contributed by atoms with Crippen molar-refractivity contribution in [1.29, 1.82) is 0 Å². The highest BCUT2D eigenvalue weighted by molar-refractivity contribution is 8.14. The summed E-state index contributed by atoms with van der Waals surface area (Å²) in [5, 5.41) is 12.7. The third kappa shape index (κ3) is 14.3. The lowest BCUT2D eigenvalue weighted by Gasteiger charge is -2.23. The number of aromatic nitrogens is 2. The smallest absolute Gasteiger partial charge is 0.321 e. The molecule has 0 saturated carbocycles. The quantitative estimate of drug-likeness (QED) is 0.0588. The topological polar surface area (TPSA) is 195 Å². The summed E-state index contributed by atoms with van der Waals surface area (Å²) in [5.41, 5.74) is 12.3. The Morgan fingerprint density at radius 3 is 1.68 bits per heavy atom. The first kappa shape index (κ1) is 57.8. The number of carbonyl (C=O) groups excluding carboxylic acids is 4. The van der Waals surface area contributed by atoms with Crippen LogP contribution in [0.15, 0.2) is 104 Å². The van der Waals surface area contributed by atoms with Crippen LogP contribution in [-0.2, 0) is 16.1 Å². The van der Waals surface area contributed by atoms with Crippen molar-refractivity contribution in [2.75, 3.05) is 64.4 Å². The summed E-state index contributed by atoms with van der Waals surface area (Å²) in [6.45, 7) is 11.8. The number of nitrogens with two attached hydrogens (primary N) is 1. The first-order valence-corrected chi connectivity index (χ1v) is 28.0. The van der Waals surface area contributed by atoms with Crippen LogP contribution >= 0.6 is 11.8 Å². The van der Waals surface area contributed by atoms with E-state index in [0.29, 0.717) is 94.1 Å². The standard InChI is InChI=1S/C61H67F2N11O5S/c1-7-18-73(19-8-2)59(77)47-27-49-51(62)29-45(31-53(49)66-55(64)33-47)39-11-13-43(37-75)41(25-39)15-22-71(5)35-57-69-70-61(79-57)68-56-34-48(60(78)74(20-9-3)21-10-4)28-50-52(63)30-46(32-54(50)67-56)40-12-14-44(38-76)42(26-40)16-23-72(6)36-58-65-17-24-80-58/h11-16,22-23,25-32,37-38H,7-10,17-21,24,33-36H2,1-6H3,(H2,64,66)(H,67,68,70)/b22-15-,23-16-. The van der Waals surface area contributed by atoms with Gasteiger partial charge in [0.05, 0.1) is 29.5 Å². The lowest BCUT2D eigenvalue weighted by Crippen LogP contribution is -2.34. The number of nitrogens with one attached hydrogen (secondary N) is 1. The number of hydrogen-bond acceptors (Lipinski definition) is 15. The number of halogens is 2. The number of fused-ring (bicyclic) bond motifs is 2. The Morgan fingerprint density at radius 1 is 0.662 bits per heavy atom. The maximum Gasteiger partial charge on any atom is 0.321 e. The molecule has 0 bridgehead atoms. The van der Waals surface area contributed by atoms with E-state index in [1.807, 2.05) is 58.0 Å². The number of aldehydes is 2. The fourth-order valence-electron chi connectivity index (χ4n) is 9.60. The Kier molecular flexibility index (Phi) is 19.5. The van der Waals surface area contributed by atoms with Crippen LogP contribution in [0.1, 0.15) is 115 Å². The van der Waals surface area contributed by atoms with Gasteiger partial charge in [0.2, 0.25) is 17.7 Å². The molecule has 8 rings (SSSR count). The van der Waals surface area contributed by atoms with Gasteiger partial charge in [0, 0.05) is 98.8 Å². The predicted molar refractivity (Wildman–Crippen MR) is 317 cm³/mol. The van der Waals surface area contributed by atoms with Crippen LogP contribution in [-0.4, -0.2) is 130 Å². The van der Waals surface area contributed by atoms with Crippen LogP contribution in [0.5, 0.6) is 0 Å². The molecule has 0 radical (unpaired) electrons. The highest BCUT2D eigenvalue weighted by atomic mass is 32.2. The second-order valence-electron chi connectivity index (χ2n) is 19.9. The number of carbonyl (C=O) groups is 4. The molecular formula is C61H67F2N11O5S. The molecule has 3 aliphatic heterocycles. The SMILES string of the molecule is CCCN(CCC)C(=O)C1=Cc2c(F)cc(-c3ccc(C=O)c(/C=C\N(C)Cc4nnc(NC5=Nc6cc(-c7ccc(C=O)c(/C=C\N(C)CC8=NCCS8)c7)cc(F)c6C=C(C(=O)N(CCC)CCC)C5)o4)c3)cc2N=C(N)C1. The highest BCUT2D eigenvalue weighted by Crippen LogP contribution is 2.38. The molecule has 1 aromatic heterocycles. The van der Waals surface area contributed by atoms with E-state index in [2.05, 4.69) is 25.5 Å². The average Bonchev–Trinajstić information content (AvgIpc) is 4.09. The summed E-state index contributed by atoms with van der Waals surface area (Å²) in [6.07, 6.45) is 15.0. The summed E-state index contributed by atoms with van der Waals surface area (Å²) < 4.78 is 38.7. The number of aliphatic imine (C=N–C) groups is 3. The summed E-state index contributed by atoms with van der Waals surface area (Å²) in [4.78, 5) is 73.4. The third-order valence-corrected chi connectivity index (χ3v) is 14.4. The van der Waals surface area contributed by atoms with Crippen molar-refractivity contribution >= 4 is 94.6 Å². The van der Waals surface area contributed by atoms with E-state index in [0.717, 1.165) is 55.6 Å². The van der Waals surface area contributed by atoms with Crippen LogP contribution in [0, 0.1) is 11.6 Å². The van der Waals surface area contributed by atoms with Gasteiger partial charge in [-0.1, -0.05) is 57.1 Å². The average molecular weight is 1100 g/mol. The molecule has 4 aromatic carbocycles. The van der Waals surface area contributed by atoms with Crippen LogP contribution in [0.2, 0.25) is 0 Å². The summed E-state index contributed by atoms with van der Waals surface area (Å²) in [6, 6.07) is 16.7. The van der Waals surface area contributed by atoms with Gasteiger partial charge in [-0.2, -0.15) is 0 Å². The Hall–Kier alpha value is -8.32. The van der Waals surface area contributed by atoms with Crippen LogP contribution in [0.25, 0.3) is 46.6 Å². The first-order valence-electron chi connectivity index (χ1n) is 27.0. The van der Waals surface area contributed by atoms with Crippen molar-refractivity contribution in [3.8, 4) is 22.3 Å². The van der Waals surface area contributed by atoms with E-state index < -0.39 is 11.6 Å². The lowest BCUT2D eigenvalue weighted by molar-refractivity contribution is -0.128. The van der Waals surface area contributed by atoms with Gasteiger partial charge in [-0.3, -0.25) is 29.5 Å². The largest absolute Gasteiger partial charge is 0.406 e. The van der Waals surface area contributed by atoms with Gasteiger partial charge in [0.1, 0.15) is 23.3 Å². The minimum absolute atomic E-state index is 0.00157. The molecule has 0 unspecified atom stereocenters. The molecule has 4 heterocycles. The van der Waals surface area contributed by atoms with Crippen molar-refractivity contribution in [3.63, 3.8) is 0 Å². The molecule has 0 aliphatic carbocycles. The van der Waals surface area contributed by atoms with E-state index in [9.17, 15) is 19.2 Å². The molecule has 0 fully saturated rings. The van der Waals surface area contributed by atoms with Crippen molar-refractivity contribution in [2.45, 2.75) is 72.8 Å². The molecule has 19 heteroatoms. The van der Waals surface area contributed by atoms with Gasteiger partial charge < -0.3 is 29.8 Å². The van der Waals surface area contributed by atoms with E-state index in [4.69, 9.17) is 15.1 Å².